The molecule has 8 heteroatoms. The second-order valence-electron chi connectivity index (χ2n) is 8.46. The zero-order valence-electron chi connectivity index (χ0n) is 19.6. The van der Waals surface area contributed by atoms with E-state index >= 15 is 0 Å². The number of imidazole rings is 1. The lowest BCUT2D eigenvalue weighted by atomic mass is 10.0. The quantitative estimate of drug-likeness (QED) is 0.351. The van der Waals surface area contributed by atoms with Gasteiger partial charge in [-0.2, -0.15) is 0 Å². The fourth-order valence-corrected chi connectivity index (χ4v) is 4.33. The Labute approximate surface area is 201 Å². The van der Waals surface area contributed by atoms with Crippen molar-refractivity contribution < 1.29 is 13.9 Å². The minimum atomic E-state index is -0.816. The molecule has 0 saturated carbocycles. The molecular weight excluding hydrogens is 444 g/mol. The van der Waals surface area contributed by atoms with Gasteiger partial charge < -0.3 is 24.8 Å². The van der Waals surface area contributed by atoms with Gasteiger partial charge in [0.15, 0.2) is 0 Å². The predicted octanol–water partition coefficient (Wildman–Crippen LogP) is 4.66. The Balaban J connectivity index is 1.72. The van der Waals surface area contributed by atoms with Gasteiger partial charge in [0.1, 0.15) is 16.9 Å². The van der Waals surface area contributed by atoms with E-state index in [4.69, 9.17) is 19.9 Å². The smallest absolute Gasteiger partial charge is 0.349 e. The van der Waals surface area contributed by atoms with Crippen molar-refractivity contribution in [2.45, 2.75) is 20.4 Å². The first-order valence-electron chi connectivity index (χ1n) is 11.1. The number of nitrogens with zero attached hydrogens (tertiary/aromatic N) is 2. The highest BCUT2D eigenvalue weighted by Gasteiger charge is 2.19. The lowest BCUT2D eigenvalue weighted by Gasteiger charge is -2.12. The van der Waals surface area contributed by atoms with Crippen LogP contribution in [-0.2, 0) is 6.54 Å². The average Bonchev–Trinajstić information content (AvgIpc) is 3.13. The number of hydrogen-bond acceptors (Lipinski definition) is 6. The average molecular weight is 469 g/mol. The number of ether oxygens (including phenoxy) is 1. The van der Waals surface area contributed by atoms with E-state index in [0.29, 0.717) is 34.5 Å². The van der Waals surface area contributed by atoms with Gasteiger partial charge in [-0.05, 0) is 43.2 Å². The topological polar surface area (TPSA) is 112 Å². The van der Waals surface area contributed by atoms with E-state index in [9.17, 15) is 9.59 Å². The van der Waals surface area contributed by atoms with E-state index in [1.165, 1.54) is 0 Å². The Morgan fingerprint density at radius 3 is 2.66 bits per heavy atom. The monoisotopic (exact) mass is 468 g/mol. The van der Waals surface area contributed by atoms with Gasteiger partial charge in [-0.15, -0.1) is 0 Å². The molecule has 5 rings (SSSR count). The highest BCUT2D eigenvalue weighted by atomic mass is 16.5. The summed E-state index contributed by atoms with van der Waals surface area (Å²) in [6.07, 6.45) is 0. The second-order valence-corrected chi connectivity index (χ2v) is 8.46. The third kappa shape index (κ3) is 4.10. The third-order valence-electron chi connectivity index (χ3n) is 6.03. The fourth-order valence-electron chi connectivity index (χ4n) is 4.33. The van der Waals surface area contributed by atoms with Crippen molar-refractivity contribution in [3.63, 3.8) is 0 Å². The number of aryl methyl sites for hydroxylation is 2. The lowest BCUT2D eigenvalue weighted by molar-refractivity contribution is 0.0996. The van der Waals surface area contributed by atoms with E-state index < -0.39 is 11.5 Å². The molecule has 3 N–H and O–H groups in total. The molecule has 2 heterocycles. The van der Waals surface area contributed by atoms with E-state index in [0.717, 1.165) is 28.1 Å². The number of methoxy groups -OCH3 is 1. The Bertz CT molecular complexity index is 1670. The number of carbonyl (C=O) groups excluding carboxylic acids is 1. The second kappa shape index (κ2) is 8.64. The zero-order valence-corrected chi connectivity index (χ0v) is 19.6. The van der Waals surface area contributed by atoms with Crippen LogP contribution in [0.5, 0.6) is 5.75 Å². The summed E-state index contributed by atoms with van der Waals surface area (Å²) in [5, 5.41) is 4.00. The summed E-state index contributed by atoms with van der Waals surface area (Å²) in [4.78, 5) is 29.1. The molecule has 0 aliphatic rings. The zero-order chi connectivity index (χ0) is 24.7. The van der Waals surface area contributed by atoms with Crippen LogP contribution in [0, 0.1) is 13.8 Å². The van der Waals surface area contributed by atoms with Crippen LogP contribution in [0.25, 0.3) is 22.0 Å². The molecule has 0 bridgehead atoms. The highest BCUT2D eigenvalue weighted by Crippen LogP contribution is 2.30. The largest absolute Gasteiger partial charge is 0.497 e. The van der Waals surface area contributed by atoms with E-state index in [1.54, 1.807) is 20.1 Å². The van der Waals surface area contributed by atoms with Crippen molar-refractivity contribution in [1.82, 2.24) is 9.55 Å². The molecule has 0 aliphatic heterocycles. The Morgan fingerprint density at radius 2 is 1.91 bits per heavy atom. The number of fused-ring (bicyclic) bond motifs is 2. The standard InChI is InChI=1S/C27H24N4O4/c1-15-6-4-7-17(10-15)14-31-22-13-23-20(16(2)24(25(28)32)26(33)35-23)12-21(22)30-27(31)29-18-8-5-9-19(11-18)34-3/h4-13H,14H2,1-3H3,(H2,28,32)(H,29,30). The number of nitrogens with two attached hydrogens (primary N) is 1. The summed E-state index contributed by atoms with van der Waals surface area (Å²) in [5.74, 6) is 0.516. The van der Waals surface area contributed by atoms with Crippen molar-refractivity contribution >= 4 is 39.5 Å². The van der Waals surface area contributed by atoms with E-state index in [-0.39, 0.29) is 5.56 Å². The van der Waals surface area contributed by atoms with Gasteiger partial charge in [0, 0.05) is 23.2 Å². The molecule has 0 fully saturated rings. The van der Waals surface area contributed by atoms with Crippen molar-refractivity contribution in [1.29, 1.82) is 0 Å². The molecule has 0 atom stereocenters. The number of amides is 1. The van der Waals surface area contributed by atoms with Crippen LogP contribution < -0.4 is 21.4 Å². The van der Waals surface area contributed by atoms with Gasteiger partial charge in [0.05, 0.1) is 24.7 Å². The summed E-state index contributed by atoms with van der Waals surface area (Å²) in [6, 6.07) is 19.4. The summed E-state index contributed by atoms with van der Waals surface area (Å²) in [7, 11) is 1.62. The molecule has 0 radical (unpaired) electrons. The Morgan fingerprint density at radius 1 is 1.11 bits per heavy atom. The van der Waals surface area contributed by atoms with Crippen molar-refractivity contribution in [2.75, 3.05) is 12.4 Å². The number of rotatable bonds is 6. The number of anilines is 2. The first kappa shape index (κ1) is 22.2. The van der Waals surface area contributed by atoms with E-state index in [1.807, 2.05) is 54.0 Å². The molecule has 35 heavy (non-hydrogen) atoms. The van der Waals surface area contributed by atoms with Crippen molar-refractivity contribution in [2.24, 2.45) is 5.73 Å². The molecule has 0 aliphatic carbocycles. The summed E-state index contributed by atoms with van der Waals surface area (Å²) >= 11 is 0. The summed E-state index contributed by atoms with van der Waals surface area (Å²) in [5.41, 5.74) is 9.88. The molecule has 0 unspecified atom stereocenters. The van der Waals surface area contributed by atoms with Gasteiger partial charge >= 0.3 is 5.63 Å². The van der Waals surface area contributed by atoms with Crippen molar-refractivity contribution in [3.05, 3.63) is 93.3 Å². The van der Waals surface area contributed by atoms with Crippen LogP contribution in [-0.4, -0.2) is 22.6 Å². The Kier molecular flexibility index (Phi) is 5.49. The van der Waals surface area contributed by atoms with Crippen LogP contribution in [0.1, 0.15) is 27.0 Å². The summed E-state index contributed by atoms with van der Waals surface area (Å²) < 4.78 is 12.9. The first-order chi connectivity index (χ1) is 16.8. The van der Waals surface area contributed by atoms with Crippen LogP contribution in [0.4, 0.5) is 11.6 Å². The molecule has 1 amide bonds. The number of benzene rings is 3. The maximum atomic E-state index is 12.4. The van der Waals surface area contributed by atoms with Gasteiger partial charge in [-0.1, -0.05) is 35.9 Å². The molecule has 0 spiro atoms. The minimum absolute atomic E-state index is 0.147. The van der Waals surface area contributed by atoms with Crippen LogP contribution in [0.15, 0.2) is 69.9 Å². The number of hydrogen-bond donors (Lipinski definition) is 2. The molecular formula is C27H24N4O4. The lowest BCUT2D eigenvalue weighted by Crippen LogP contribution is -2.22. The fraction of sp³-hybridized carbons (Fsp3) is 0.148. The first-order valence-corrected chi connectivity index (χ1v) is 11.1. The van der Waals surface area contributed by atoms with Crippen LogP contribution in [0.3, 0.4) is 0 Å². The SMILES string of the molecule is COc1cccc(Nc2nc3cc4c(C)c(C(N)=O)c(=O)oc4cc3n2Cc2cccc(C)c2)c1. The molecule has 0 saturated heterocycles. The third-order valence-corrected chi connectivity index (χ3v) is 6.03. The maximum absolute atomic E-state index is 12.4. The maximum Gasteiger partial charge on any atom is 0.349 e. The molecule has 8 nitrogen and oxygen atoms in total. The molecule has 176 valence electrons. The summed E-state index contributed by atoms with van der Waals surface area (Å²) in [6.45, 7) is 4.27. The number of carbonyl (C=O) groups is 1. The molecule has 5 aromatic rings. The van der Waals surface area contributed by atoms with Gasteiger partial charge in [-0.3, -0.25) is 4.79 Å². The highest BCUT2D eigenvalue weighted by molar-refractivity contribution is 6.01. The minimum Gasteiger partial charge on any atom is -0.497 e. The van der Waals surface area contributed by atoms with Gasteiger partial charge in [-0.25, -0.2) is 9.78 Å². The van der Waals surface area contributed by atoms with E-state index in [2.05, 4.69) is 17.4 Å². The van der Waals surface area contributed by atoms with Gasteiger partial charge in [0.2, 0.25) is 5.95 Å². The van der Waals surface area contributed by atoms with Crippen molar-refractivity contribution in [3.8, 4) is 5.75 Å². The predicted molar refractivity (Wildman–Crippen MR) is 136 cm³/mol. The molecule has 3 aromatic carbocycles. The van der Waals surface area contributed by atoms with Crippen LogP contribution in [0.2, 0.25) is 0 Å². The molecule has 2 aromatic heterocycles. The Hall–Kier alpha value is -4.59. The number of aromatic nitrogens is 2. The normalized spacial score (nSPS) is 11.2. The number of nitrogens with one attached hydrogen (secondary N) is 1. The van der Waals surface area contributed by atoms with Gasteiger partial charge in [0.25, 0.3) is 5.91 Å². The number of primary amides is 1. The van der Waals surface area contributed by atoms with Crippen LogP contribution >= 0.6 is 0 Å².